The quantitative estimate of drug-likeness (QED) is 0.299. The SMILES string of the molecule is CCCCc1nc2ccc3ccccc3c2n1Cc1ccc(-c2ccccc2)c(-c2nn[nH]n2)c1. The van der Waals surface area contributed by atoms with Crippen molar-refractivity contribution in [2.24, 2.45) is 0 Å². The number of rotatable bonds is 7. The van der Waals surface area contributed by atoms with E-state index in [1.165, 1.54) is 21.9 Å². The molecular weight excluding hydrogens is 432 g/mol. The summed E-state index contributed by atoms with van der Waals surface area (Å²) in [6, 6.07) is 29.8. The molecule has 172 valence electrons. The van der Waals surface area contributed by atoms with E-state index in [1.54, 1.807) is 0 Å². The first-order valence-corrected chi connectivity index (χ1v) is 12.1. The standard InChI is InChI=1S/C29H26N6/c1-2-3-13-27-30-26-17-15-22-11-7-8-12-24(22)28(26)35(27)19-20-14-16-23(21-9-5-4-6-10-21)25(18-20)29-31-33-34-32-29/h4-12,14-18H,2-3,13,19H2,1H3,(H,31,32,33,34). The van der Waals surface area contributed by atoms with Crippen LogP contribution in [-0.2, 0) is 13.0 Å². The molecule has 2 heterocycles. The Bertz CT molecular complexity index is 1600. The molecule has 0 unspecified atom stereocenters. The summed E-state index contributed by atoms with van der Waals surface area (Å²) in [5.74, 6) is 1.73. The van der Waals surface area contributed by atoms with E-state index in [0.29, 0.717) is 5.82 Å². The van der Waals surface area contributed by atoms with Crippen LogP contribution in [0.4, 0.5) is 0 Å². The molecule has 4 aromatic carbocycles. The normalized spacial score (nSPS) is 11.5. The molecule has 35 heavy (non-hydrogen) atoms. The molecule has 0 bridgehead atoms. The second-order valence-corrected chi connectivity index (χ2v) is 8.85. The number of H-pyrrole nitrogens is 1. The maximum atomic E-state index is 5.06. The fourth-order valence-corrected chi connectivity index (χ4v) is 4.84. The Morgan fingerprint density at radius 2 is 1.71 bits per heavy atom. The summed E-state index contributed by atoms with van der Waals surface area (Å²) in [7, 11) is 0. The van der Waals surface area contributed by atoms with Crippen LogP contribution in [0.1, 0.15) is 31.2 Å². The lowest BCUT2D eigenvalue weighted by Crippen LogP contribution is -2.06. The van der Waals surface area contributed by atoms with E-state index in [-0.39, 0.29) is 0 Å². The van der Waals surface area contributed by atoms with Gasteiger partial charge in [0.15, 0.2) is 0 Å². The molecule has 6 nitrogen and oxygen atoms in total. The molecule has 0 radical (unpaired) electrons. The monoisotopic (exact) mass is 458 g/mol. The van der Waals surface area contributed by atoms with Gasteiger partial charge in [-0.2, -0.15) is 5.21 Å². The molecule has 0 aliphatic rings. The molecule has 6 rings (SSSR count). The van der Waals surface area contributed by atoms with Crippen molar-refractivity contribution < 1.29 is 0 Å². The zero-order chi connectivity index (χ0) is 23.6. The van der Waals surface area contributed by atoms with Crippen LogP contribution in [0, 0.1) is 0 Å². The Hall–Kier alpha value is -4.32. The molecule has 0 fully saturated rings. The zero-order valence-corrected chi connectivity index (χ0v) is 19.6. The molecule has 0 atom stereocenters. The average Bonchev–Trinajstić information content (AvgIpc) is 3.57. The first-order valence-electron chi connectivity index (χ1n) is 12.1. The van der Waals surface area contributed by atoms with Gasteiger partial charge in [0.2, 0.25) is 5.82 Å². The Kier molecular flexibility index (Phi) is 5.54. The highest BCUT2D eigenvalue weighted by molar-refractivity contribution is 6.04. The van der Waals surface area contributed by atoms with Crippen LogP contribution in [0.2, 0.25) is 0 Å². The second kappa shape index (κ2) is 9.14. The first-order chi connectivity index (χ1) is 17.3. The molecule has 6 heteroatoms. The van der Waals surface area contributed by atoms with E-state index in [4.69, 9.17) is 4.98 Å². The van der Waals surface area contributed by atoms with E-state index in [1.807, 2.05) is 18.2 Å². The number of hydrogen-bond donors (Lipinski definition) is 1. The van der Waals surface area contributed by atoms with Crippen LogP contribution < -0.4 is 0 Å². The van der Waals surface area contributed by atoms with Gasteiger partial charge in [-0.05, 0) is 45.8 Å². The van der Waals surface area contributed by atoms with Crippen LogP contribution >= 0.6 is 0 Å². The number of unbranched alkanes of at least 4 members (excludes halogenated alkanes) is 1. The van der Waals surface area contributed by atoms with E-state index in [0.717, 1.165) is 53.8 Å². The number of nitrogens with zero attached hydrogens (tertiary/aromatic N) is 5. The zero-order valence-electron chi connectivity index (χ0n) is 19.6. The largest absolute Gasteiger partial charge is 0.323 e. The highest BCUT2D eigenvalue weighted by atomic mass is 15.5. The van der Waals surface area contributed by atoms with Crippen LogP contribution in [0.25, 0.3) is 44.3 Å². The summed E-state index contributed by atoms with van der Waals surface area (Å²) < 4.78 is 2.39. The molecule has 1 N–H and O–H groups in total. The number of fused-ring (bicyclic) bond motifs is 3. The molecule has 0 aliphatic carbocycles. The highest BCUT2D eigenvalue weighted by Gasteiger charge is 2.16. The molecule has 0 saturated heterocycles. The van der Waals surface area contributed by atoms with E-state index < -0.39 is 0 Å². The number of aromatic nitrogens is 6. The van der Waals surface area contributed by atoms with Gasteiger partial charge < -0.3 is 4.57 Å². The number of benzene rings is 4. The van der Waals surface area contributed by atoms with Crippen LogP contribution in [-0.4, -0.2) is 30.2 Å². The predicted octanol–water partition coefficient (Wildman–Crippen LogP) is 6.43. The van der Waals surface area contributed by atoms with Crippen LogP contribution in [0.5, 0.6) is 0 Å². The van der Waals surface area contributed by atoms with Crippen LogP contribution in [0.3, 0.4) is 0 Å². The van der Waals surface area contributed by atoms with E-state index >= 15 is 0 Å². The summed E-state index contributed by atoms with van der Waals surface area (Å²) in [4.78, 5) is 5.06. The number of tetrazole rings is 1. The number of nitrogens with one attached hydrogen (secondary N) is 1. The first kappa shape index (κ1) is 21.2. The third kappa shape index (κ3) is 3.97. The van der Waals surface area contributed by atoms with Gasteiger partial charge in [-0.25, -0.2) is 4.98 Å². The lowest BCUT2D eigenvalue weighted by Gasteiger charge is -2.14. The number of aromatic amines is 1. The Labute approximate surface area is 203 Å². The molecule has 0 amide bonds. The minimum absolute atomic E-state index is 0.595. The molecular formula is C29H26N6. The fraction of sp³-hybridized carbons (Fsp3) is 0.172. The minimum Gasteiger partial charge on any atom is -0.323 e. The average molecular weight is 459 g/mol. The van der Waals surface area contributed by atoms with Crippen molar-refractivity contribution in [2.75, 3.05) is 0 Å². The van der Waals surface area contributed by atoms with Crippen molar-refractivity contribution in [3.8, 4) is 22.5 Å². The predicted molar refractivity (Wildman–Crippen MR) is 140 cm³/mol. The van der Waals surface area contributed by atoms with Crippen molar-refractivity contribution in [1.29, 1.82) is 0 Å². The summed E-state index contributed by atoms with van der Waals surface area (Å²) in [6.07, 6.45) is 3.21. The maximum Gasteiger partial charge on any atom is 0.205 e. The van der Waals surface area contributed by atoms with Crippen molar-refractivity contribution >= 4 is 21.8 Å². The van der Waals surface area contributed by atoms with Gasteiger partial charge >= 0.3 is 0 Å². The summed E-state index contributed by atoms with van der Waals surface area (Å²) in [5.41, 5.74) is 6.60. The lowest BCUT2D eigenvalue weighted by atomic mass is 9.97. The Morgan fingerprint density at radius 1 is 0.857 bits per heavy atom. The highest BCUT2D eigenvalue weighted by Crippen LogP contribution is 2.32. The topological polar surface area (TPSA) is 72.3 Å². The molecule has 6 aromatic rings. The maximum absolute atomic E-state index is 5.06. The molecule has 2 aromatic heterocycles. The van der Waals surface area contributed by atoms with Gasteiger partial charge in [-0.15, -0.1) is 10.2 Å². The Balaban J connectivity index is 1.51. The number of imidazole rings is 1. The number of hydrogen-bond acceptors (Lipinski definition) is 4. The summed E-state index contributed by atoms with van der Waals surface area (Å²) >= 11 is 0. The van der Waals surface area contributed by atoms with Crippen molar-refractivity contribution in [3.05, 3.63) is 96.3 Å². The van der Waals surface area contributed by atoms with Gasteiger partial charge in [0.1, 0.15) is 5.82 Å². The lowest BCUT2D eigenvalue weighted by molar-refractivity contribution is 0.691. The van der Waals surface area contributed by atoms with Gasteiger partial charge in [-0.1, -0.05) is 86.1 Å². The smallest absolute Gasteiger partial charge is 0.205 e. The van der Waals surface area contributed by atoms with Gasteiger partial charge in [0, 0.05) is 23.9 Å². The van der Waals surface area contributed by atoms with E-state index in [9.17, 15) is 0 Å². The minimum atomic E-state index is 0.595. The van der Waals surface area contributed by atoms with E-state index in [2.05, 4.69) is 98.8 Å². The summed E-state index contributed by atoms with van der Waals surface area (Å²) in [5, 5.41) is 17.5. The van der Waals surface area contributed by atoms with Gasteiger partial charge in [-0.3, -0.25) is 0 Å². The van der Waals surface area contributed by atoms with Crippen molar-refractivity contribution in [2.45, 2.75) is 32.7 Å². The fourth-order valence-electron chi connectivity index (χ4n) is 4.84. The molecule has 0 saturated carbocycles. The Morgan fingerprint density at radius 3 is 2.54 bits per heavy atom. The third-order valence-electron chi connectivity index (χ3n) is 6.56. The second-order valence-electron chi connectivity index (χ2n) is 8.85. The van der Waals surface area contributed by atoms with Gasteiger partial charge in [0.05, 0.1) is 11.0 Å². The number of aryl methyl sites for hydroxylation is 1. The van der Waals surface area contributed by atoms with Crippen LogP contribution in [0.15, 0.2) is 84.9 Å². The van der Waals surface area contributed by atoms with Crippen molar-refractivity contribution in [1.82, 2.24) is 30.2 Å². The molecule has 0 aliphatic heterocycles. The summed E-state index contributed by atoms with van der Waals surface area (Å²) in [6.45, 7) is 2.95. The third-order valence-corrected chi connectivity index (χ3v) is 6.56. The van der Waals surface area contributed by atoms with Gasteiger partial charge in [0.25, 0.3) is 0 Å². The molecule has 0 spiro atoms. The van der Waals surface area contributed by atoms with Crippen molar-refractivity contribution in [3.63, 3.8) is 0 Å².